The van der Waals surface area contributed by atoms with E-state index >= 15 is 0 Å². The molecular weight excluding hydrogens is 276 g/mol. The highest BCUT2D eigenvalue weighted by Crippen LogP contribution is 2.34. The van der Waals surface area contributed by atoms with Crippen molar-refractivity contribution < 1.29 is 18.4 Å². The summed E-state index contributed by atoms with van der Waals surface area (Å²) in [5, 5.41) is 25.7. The molecule has 0 saturated heterocycles. The minimum absolute atomic E-state index is 0.273. The zero-order chi connectivity index (χ0) is 14.0. The van der Waals surface area contributed by atoms with Crippen LogP contribution in [0.2, 0.25) is 0 Å². The first-order valence-electron chi connectivity index (χ1n) is 4.90. The zero-order valence-electron chi connectivity index (χ0n) is 9.27. The maximum atomic E-state index is 11.9. The number of rotatable bonds is 4. The lowest BCUT2D eigenvalue weighted by Crippen LogP contribution is -2.14. The Morgan fingerprint density at radius 2 is 2.11 bits per heavy atom. The average molecular weight is 284 g/mol. The third kappa shape index (κ3) is 2.47. The number of nitrogens with one attached hydrogen (secondary N) is 2. The van der Waals surface area contributed by atoms with Crippen molar-refractivity contribution in [3.63, 3.8) is 0 Å². The summed E-state index contributed by atoms with van der Waals surface area (Å²) in [5.74, 6) is -0.544. The van der Waals surface area contributed by atoms with E-state index < -0.39 is 32.1 Å². The number of sulfonamides is 1. The maximum absolute atomic E-state index is 11.9. The van der Waals surface area contributed by atoms with Gasteiger partial charge in [-0.15, -0.1) is 0 Å². The molecule has 0 fully saturated rings. The number of hydrogen-bond donors (Lipinski definition) is 3. The SMILES string of the molecule is O=[N+]([O-])c1cccc(O)c1NS(=O)(=O)c1ccn[nH]1. The summed E-state index contributed by atoms with van der Waals surface area (Å²) in [6.45, 7) is 0. The Labute approximate surface area is 107 Å². The van der Waals surface area contributed by atoms with Crippen molar-refractivity contribution in [3.8, 4) is 5.75 Å². The minimum Gasteiger partial charge on any atom is -0.505 e. The van der Waals surface area contributed by atoms with Gasteiger partial charge in [0.25, 0.3) is 15.7 Å². The molecule has 0 aliphatic heterocycles. The van der Waals surface area contributed by atoms with E-state index in [1.165, 1.54) is 18.3 Å². The highest BCUT2D eigenvalue weighted by molar-refractivity contribution is 7.92. The number of hydrogen-bond acceptors (Lipinski definition) is 6. The molecule has 0 radical (unpaired) electrons. The summed E-state index contributed by atoms with van der Waals surface area (Å²) in [5.41, 5.74) is -1.05. The fourth-order valence-corrected chi connectivity index (χ4v) is 2.37. The van der Waals surface area contributed by atoms with Gasteiger partial charge >= 0.3 is 0 Å². The van der Waals surface area contributed by atoms with E-state index in [2.05, 4.69) is 10.2 Å². The number of phenolic OH excluding ortho intramolecular Hbond substituents is 1. The Morgan fingerprint density at radius 3 is 2.68 bits per heavy atom. The lowest BCUT2D eigenvalue weighted by Gasteiger charge is -2.08. The van der Waals surface area contributed by atoms with Crippen LogP contribution in [-0.4, -0.2) is 28.6 Å². The normalized spacial score (nSPS) is 11.2. The highest BCUT2D eigenvalue weighted by Gasteiger charge is 2.24. The second kappa shape index (κ2) is 4.57. The summed E-state index contributed by atoms with van der Waals surface area (Å²) in [6, 6.07) is 4.62. The van der Waals surface area contributed by atoms with Crippen molar-refractivity contribution >= 4 is 21.4 Å². The first-order chi connectivity index (χ1) is 8.92. The number of aromatic hydroxyl groups is 1. The van der Waals surface area contributed by atoms with Crippen LogP contribution in [0.4, 0.5) is 11.4 Å². The van der Waals surface area contributed by atoms with Crippen molar-refractivity contribution in [1.82, 2.24) is 10.2 Å². The quantitative estimate of drug-likeness (QED) is 0.431. The molecule has 19 heavy (non-hydrogen) atoms. The maximum Gasteiger partial charge on any atom is 0.297 e. The van der Waals surface area contributed by atoms with E-state index in [4.69, 9.17) is 0 Å². The lowest BCUT2D eigenvalue weighted by atomic mass is 10.2. The van der Waals surface area contributed by atoms with Crippen LogP contribution in [0.3, 0.4) is 0 Å². The molecule has 1 heterocycles. The zero-order valence-corrected chi connectivity index (χ0v) is 10.1. The second-order valence-corrected chi connectivity index (χ2v) is 5.11. The van der Waals surface area contributed by atoms with Crippen LogP contribution < -0.4 is 4.72 Å². The number of aromatic nitrogens is 2. The van der Waals surface area contributed by atoms with Crippen molar-refractivity contribution in [2.45, 2.75) is 5.03 Å². The summed E-state index contributed by atoms with van der Waals surface area (Å²) < 4.78 is 25.7. The van der Waals surface area contributed by atoms with Crippen LogP contribution in [0.5, 0.6) is 5.75 Å². The van der Waals surface area contributed by atoms with Crippen LogP contribution in [0.1, 0.15) is 0 Å². The average Bonchev–Trinajstić information content (AvgIpc) is 2.85. The van der Waals surface area contributed by atoms with Gasteiger partial charge in [0, 0.05) is 6.07 Å². The van der Waals surface area contributed by atoms with Gasteiger partial charge in [-0.1, -0.05) is 6.07 Å². The van der Waals surface area contributed by atoms with Gasteiger partial charge in [0.1, 0.15) is 5.75 Å². The Bertz CT molecular complexity index is 710. The smallest absolute Gasteiger partial charge is 0.297 e. The molecule has 2 aromatic rings. The molecule has 1 aromatic carbocycles. The molecule has 3 N–H and O–H groups in total. The monoisotopic (exact) mass is 284 g/mol. The largest absolute Gasteiger partial charge is 0.505 e. The Morgan fingerprint density at radius 1 is 1.37 bits per heavy atom. The van der Waals surface area contributed by atoms with Gasteiger partial charge in [0.2, 0.25) is 0 Å². The van der Waals surface area contributed by atoms with Gasteiger partial charge in [0.05, 0.1) is 11.1 Å². The summed E-state index contributed by atoms with van der Waals surface area (Å²) in [4.78, 5) is 9.98. The Kier molecular flexibility index (Phi) is 3.09. The number of H-pyrrole nitrogens is 1. The molecule has 0 saturated carbocycles. The minimum atomic E-state index is -4.08. The molecule has 0 aliphatic carbocycles. The van der Waals surface area contributed by atoms with E-state index in [1.54, 1.807) is 0 Å². The standard InChI is InChI=1S/C9H8N4O5S/c14-7-3-1-2-6(13(15)16)9(7)12-19(17,18)8-4-5-10-11-8/h1-5,12,14H,(H,10,11). The van der Waals surface area contributed by atoms with Gasteiger partial charge in [-0.25, -0.2) is 0 Å². The van der Waals surface area contributed by atoms with Crippen molar-refractivity contribution in [1.29, 1.82) is 0 Å². The molecule has 0 aliphatic rings. The third-order valence-corrected chi connectivity index (χ3v) is 3.50. The van der Waals surface area contributed by atoms with Crippen LogP contribution in [-0.2, 0) is 10.0 Å². The van der Waals surface area contributed by atoms with E-state index in [-0.39, 0.29) is 5.03 Å². The van der Waals surface area contributed by atoms with E-state index in [0.29, 0.717) is 0 Å². The van der Waals surface area contributed by atoms with Crippen LogP contribution in [0.25, 0.3) is 0 Å². The third-order valence-electron chi connectivity index (χ3n) is 2.22. The number of benzene rings is 1. The molecule has 0 unspecified atom stereocenters. The summed E-state index contributed by atoms with van der Waals surface area (Å²) >= 11 is 0. The van der Waals surface area contributed by atoms with Crippen LogP contribution in [0, 0.1) is 10.1 Å². The topological polar surface area (TPSA) is 138 Å². The van der Waals surface area contributed by atoms with Crippen molar-refractivity contribution in [2.75, 3.05) is 4.72 Å². The molecule has 0 amide bonds. The van der Waals surface area contributed by atoms with Crippen LogP contribution >= 0.6 is 0 Å². The van der Waals surface area contributed by atoms with Gasteiger partial charge in [-0.05, 0) is 12.1 Å². The van der Waals surface area contributed by atoms with E-state index in [1.807, 2.05) is 4.72 Å². The second-order valence-electron chi connectivity index (χ2n) is 3.45. The molecule has 0 bridgehead atoms. The molecule has 0 spiro atoms. The Hall–Kier alpha value is -2.62. The lowest BCUT2D eigenvalue weighted by molar-refractivity contribution is -0.383. The first kappa shape index (κ1) is 12.8. The molecule has 100 valence electrons. The molecule has 2 rings (SSSR count). The molecule has 1 aromatic heterocycles. The molecule has 0 atom stereocenters. The van der Waals surface area contributed by atoms with E-state index in [9.17, 15) is 23.6 Å². The highest BCUT2D eigenvalue weighted by atomic mass is 32.2. The number of nitrogens with zero attached hydrogens (tertiary/aromatic N) is 2. The Balaban J connectivity index is 2.48. The van der Waals surface area contributed by atoms with Gasteiger partial charge in [-0.2, -0.15) is 13.5 Å². The number of nitro groups is 1. The predicted octanol–water partition coefficient (Wildman–Crippen LogP) is 0.824. The summed E-state index contributed by atoms with van der Waals surface area (Å²) in [7, 11) is -4.08. The van der Waals surface area contributed by atoms with Gasteiger partial charge < -0.3 is 5.11 Å². The van der Waals surface area contributed by atoms with Gasteiger partial charge in [-0.3, -0.25) is 19.9 Å². The first-order valence-corrected chi connectivity index (χ1v) is 6.38. The molecular formula is C9H8N4O5S. The van der Waals surface area contributed by atoms with Crippen LogP contribution in [0.15, 0.2) is 35.5 Å². The van der Waals surface area contributed by atoms with Gasteiger partial charge in [0.15, 0.2) is 10.7 Å². The fourth-order valence-electron chi connectivity index (χ4n) is 1.37. The number of para-hydroxylation sites is 1. The number of phenols is 1. The fraction of sp³-hybridized carbons (Fsp3) is 0. The van der Waals surface area contributed by atoms with E-state index in [0.717, 1.165) is 12.1 Å². The number of aromatic amines is 1. The molecule has 10 heteroatoms. The van der Waals surface area contributed by atoms with Crippen molar-refractivity contribution in [3.05, 3.63) is 40.6 Å². The molecule has 9 nitrogen and oxygen atoms in total. The number of nitro benzene ring substituents is 1. The number of anilines is 1. The predicted molar refractivity (Wildman–Crippen MR) is 64.2 cm³/mol. The summed E-state index contributed by atoms with van der Waals surface area (Å²) in [6.07, 6.45) is 1.22. The van der Waals surface area contributed by atoms with Crippen molar-refractivity contribution in [2.24, 2.45) is 0 Å².